The maximum atomic E-state index is 11.9. The van der Waals surface area contributed by atoms with Crippen LogP contribution in [0.3, 0.4) is 0 Å². The van der Waals surface area contributed by atoms with Gasteiger partial charge in [-0.05, 0) is 31.0 Å². The molecule has 0 spiro atoms. The molecule has 0 heterocycles. The van der Waals surface area contributed by atoms with Crippen molar-refractivity contribution in [3.05, 3.63) is 35.4 Å². The number of carbonyl (C=O) groups is 1. The fourth-order valence-corrected chi connectivity index (χ4v) is 2.73. The summed E-state index contributed by atoms with van der Waals surface area (Å²) in [5, 5.41) is 6.25. The molecule has 7 nitrogen and oxygen atoms in total. The number of aliphatic imine (C=N–C) groups is 1. The molecule has 26 heavy (non-hydrogen) atoms. The zero-order valence-electron chi connectivity index (χ0n) is 15.8. The van der Waals surface area contributed by atoms with E-state index >= 15 is 0 Å². The molecule has 0 atom stereocenters. The number of nitrogens with zero attached hydrogens (tertiary/aromatic N) is 2. The monoisotopic (exact) mass is 496 g/mol. The van der Waals surface area contributed by atoms with Gasteiger partial charge in [-0.2, -0.15) is 0 Å². The summed E-state index contributed by atoms with van der Waals surface area (Å²) in [6, 6.07) is 7.35. The van der Waals surface area contributed by atoms with E-state index in [9.17, 15) is 13.2 Å². The third-order valence-corrected chi connectivity index (χ3v) is 4.39. The number of sulfone groups is 1. The molecule has 0 unspecified atom stereocenters. The molecule has 0 saturated carbocycles. The molecule has 0 aliphatic carbocycles. The molecule has 0 aromatic heterocycles. The summed E-state index contributed by atoms with van der Waals surface area (Å²) in [5.74, 6) is 0.765. The van der Waals surface area contributed by atoms with Crippen molar-refractivity contribution >= 4 is 45.7 Å². The lowest BCUT2D eigenvalue weighted by Crippen LogP contribution is -2.38. The fraction of sp³-hybridized carbons (Fsp3) is 0.529. The summed E-state index contributed by atoms with van der Waals surface area (Å²) in [6.45, 7) is 3.69. The highest BCUT2D eigenvalue weighted by atomic mass is 127. The quantitative estimate of drug-likeness (QED) is 0.247. The van der Waals surface area contributed by atoms with Crippen molar-refractivity contribution in [1.29, 1.82) is 0 Å². The van der Waals surface area contributed by atoms with Gasteiger partial charge in [0, 0.05) is 39.0 Å². The number of hydrogen-bond donors (Lipinski definition) is 2. The molecule has 148 valence electrons. The molecular formula is C17H29IN4O3S. The van der Waals surface area contributed by atoms with Gasteiger partial charge in [0.1, 0.15) is 9.84 Å². The summed E-state index contributed by atoms with van der Waals surface area (Å²) < 4.78 is 22.3. The number of nitrogens with one attached hydrogen (secondary N) is 2. The Morgan fingerprint density at radius 3 is 2.27 bits per heavy atom. The predicted octanol–water partition coefficient (Wildman–Crippen LogP) is 1.50. The van der Waals surface area contributed by atoms with Crippen LogP contribution in [0.2, 0.25) is 0 Å². The first-order chi connectivity index (χ1) is 11.7. The third-order valence-electron chi connectivity index (χ3n) is 3.36. The van der Waals surface area contributed by atoms with E-state index in [1.807, 2.05) is 19.1 Å². The van der Waals surface area contributed by atoms with Crippen molar-refractivity contribution in [3.8, 4) is 0 Å². The standard InChI is InChI=1S/C17H28N4O3S.HI/c1-5-18-17(19-11-6-12-25(4,23)24)20-13-14-7-9-15(10-8-14)16(22)21(2)3;/h7-10H,5-6,11-13H2,1-4H3,(H2,18,19,20);1H. The lowest BCUT2D eigenvalue weighted by atomic mass is 10.1. The molecule has 0 aliphatic rings. The number of amides is 1. The first kappa shape index (κ1) is 24.6. The van der Waals surface area contributed by atoms with Crippen LogP contribution in [0.15, 0.2) is 29.3 Å². The Balaban J connectivity index is 0.00000625. The average molecular weight is 496 g/mol. The van der Waals surface area contributed by atoms with Crippen LogP contribution >= 0.6 is 24.0 Å². The number of benzene rings is 1. The van der Waals surface area contributed by atoms with Gasteiger partial charge in [-0.15, -0.1) is 24.0 Å². The second-order valence-electron chi connectivity index (χ2n) is 6.00. The van der Waals surface area contributed by atoms with E-state index in [2.05, 4.69) is 15.6 Å². The second kappa shape index (κ2) is 12.1. The molecular weight excluding hydrogens is 467 g/mol. The first-order valence-electron chi connectivity index (χ1n) is 8.23. The van der Waals surface area contributed by atoms with Gasteiger partial charge in [0.2, 0.25) is 0 Å². The first-order valence-corrected chi connectivity index (χ1v) is 10.3. The maximum absolute atomic E-state index is 11.9. The van der Waals surface area contributed by atoms with E-state index < -0.39 is 9.84 Å². The Kier molecular flexibility index (Phi) is 11.5. The molecule has 0 fully saturated rings. The minimum absolute atomic E-state index is 0. The summed E-state index contributed by atoms with van der Waals surface area (Å²) in [6.07, 6.45) is 1.77. The van der Waals surface area contributed by atoms with Crippen molar-refractivity contribution in [3.63, 3.8) is 0 Å². The van der Waals surface area contributed by atoms with E-state index in [1.54, 1.807) is 26.2 Å². The minimum atomic E-state index is -2.94. The maximum Gasteiger partial charge on any atom is 0.253 e. The number of carbonyl (C=O) groups excluding carboxylic acids is 1. The average Bonchev–Trinajstić information content (AvgIpc) is 2.55. The topological polar surface area (TPSA) is 90.9 Å². The van der Waals surface area contributed by atoms with Gasteiger partial charge >= 0.3 is 0 Å². The van der Waals surface area contributed by atoms with E-state index in [4.69, 9.17) is 0 Å². The van der Waals surface area contributed by atoms with Crippen LogP contribution in [0.4, 0.5) is 0 Å². The fourth-order valence-electron chi connectivity index (χ4n) is 2.06. The minimum Gasteiger partial charge on any atom is -0.357 e. The Morgan fingerprint density at radius 1 is 1.15 bits per heavy atom. The Hall–Kier alpha value is -1.36. The molecule has 9 heteroatoms. The van der Waals surface area contributed by atoms with Gasteiger partial charge in [0.25, 0.3) is 5.91 Å². The van der Waals surface area contributed by atoms with Crippen LogP contribution in [0.25, 0.3) is 0 Å². The van der Waals surface area contributed by atoms with Crippen LogP contribution in [-0.2, 0) is 16.4 Å². The van der Waals surface area contributed by atoms with Gasteiger partial charge in [-0.1, -0.05) is 12.1 Å². The van der Waals surface area contributed by atoms with Gasteiger partial charge in [0.05, 0.1) is 12.3 Å². The van der Waals surface area contributed by atoms with Gasteiger partial charge < -0.3 is 15.5 Å². The molecule has 0 bridgehead atoms. The zero-order chi connectivity index (χ0) is 18.9. The number of halogens is 1. The van der Waals surface area contributed by atoms with Gasteiger partial charge in [-0.3, -0.25) is 4.79 Å². The molecule has 1 rings (SSSR count). The zero-order valence-corrected chi connectivity index (χ0v) is 18.9. The smallest absolute Gasteiger partial charge is 0.253 e. The molecule has 2 N–H and O–H groups in total. The van der Waals surface area contributed by atoms with E-state index in [0.717, 1.165) is 5.56 Å². The summed E-state index contributed by atoms with van der Waals surface area (Å²) in [5.41, 5.74) is 1.63. The lowest BCUT2D eigenvalue weighted by Gasteiger charge is -2.12. The third kappa shape index (κ3) is 9.95. The Morgan fingerprint density at radius 2 is 1.77 bits per heavy atom. The molecule has 1 aromatic carbocycles. The summed E-state index contributed by atoms with van der Waals surface area (Å²) in [4.78, 5) is 17.9. The molecule has 0 saturated heterocycles. The molecule has 0 aliphatic heterocycles. The Bertz CT molecular complexity index is 688. The van der Waals surface area contributed by atoms with Crippen LogP contribution in [0.1, 0.15) is 29.3 Å². The molecule has 1 aromatic rings. The summed E-state index contributed by atoms with van der Waals surface area (Å²) in [7, 11) is 0.504. The highest BCUT2D eigenvalue weighted by molar-refractivity contribution is 14.0. The van der Waals surface area contributed by atoms with E-state index in [-0.39, 0.29) is 35.6 Å². The van der Waals surface area contributed by atoms with Crippen LogP contribution in [-0.4, -0.2) is 64.4 Å². The van der Waals surface area contributed by atoms with Crippen LogP contribution < -0.4 is 10.6 Å². The summed E-state index contributed by atoms with van der Waals surface area (Å²) >= 11 is 0. The molecule has 1 amide bonds. The predicted molar refractivity (Wildman–Crippen MR) is 117 cm³/mol. The van der Waals surface area contributed by atoms with Crippen molar-refractivity contribution in [2.75, 3.05) is 39.2 Å². The highest BCUT2D eigenvalue weighted by Gasteiger charge is 2.07. The van der Waals surface area contributed by atoms with Crippen LogP contribution in [0, 0.1) is 0 Å². The molecule has 0 radical (unpaired) electrons. The van der Waals surface area contributed by atoms with Crippen molar-refractivity contribution in [2.24, 2.45) is 4.99 Å². The highest BCUT2D eigenvalue weighted by Crippen LogP contribution is 2.07. The number of rotatable bonds is 8. The van der Waals surface area contributed by atoms with Crippen molar-refractivity contribution in [2.45, 2.75) is 19.9 Å². The van der Waals surface area contributed by atoms with Crippen LogP contribution in [0.5, 0.6) is 0 Å². The number of hydrogen-bond acceptors (Lipinski definition) is 4. The Labute approximate surface area is 173 Å². The van der Waals surface area contributed by atoms with Crippen molar-refractivity contribution in [1.82, 2.24) is 15.5 Å². The van der Waals surface area contributed by atoms with Gasteiger partial charge in [-0.25, -0.2) is 13.4 Å². The van der Waals surface area contributed by atoms with E-state index in [1.165, 1.54) is 11.2 Å². The van der Waals surface area contributed by atoms with Crippen molar-refractivity contribution < 1.29 is 13.2 Å². The second-order valence-corrected chi connectivity index (χ2v) is 8.26. The van der Waals surface area contributed by atoms with Gasteiger partial charge in [0.15, 0.2) is 5.96 Å². The van der Waals surface area contributed by atoms with E-state index in [0.29, 0.717) is 37.6 Å². The lowest BCUT2D eigenvalue weighted by molar-refractivity contribution is 0.0827. The number of guanidine groups is 1. The largest absolute Gasteiger partial charge is 0.357 e. The normalized spacial score (nSPS) is 11.5. The SMILES string of the molecule is CCNC(=NCc1ccc(C(=O)N(C)C)cc1)NCCCS(C)(=O)=O.I.